The zero-order valence-electron chi connectivity index (χ0n) is 10.4. The summed E-state index contributed by atoms with van der Waals surface area (Å²) in [6.07, 6.45) is 9.50. The molecule has 1 atom stereocenters. The smallest absolute Gasteiger partial charge is 0.216 e. The number of hydrogen-bond acceptors (Lipinski definition) is 4. The van der Waals surface area contributed by atoms with E-state index < -0.39 is 0 Å². The van der Waals surface area contributed by atoms with Gasteiger partial charge in [-0.1, -0.05) is 6.92 Å². The summed E-state index contributed by atoms with van der Waals surface area (Å²) in [5.41, 5.74) is 0.931. The Labute approximate surface area is 103 Å². The van der Waals surface area contributed by atoms with Crippen LogP contribution in [0, 0.1) is 12.3 Å². The largest absolute Gasteiger partial charge is 0.481 e. The Kier molecular flexibility index (Phi) is 6.05. The Morgan fingerprint density at radius 1 is 1.53 bits per heavy atom. The van der Waals surface area contributed by atoms with E-state index in [0.29, 0.717) is 5.88 Å². The van der Waals surface area contributed by atoms with Gasteiger partial charge in [-0.05, 0) is 19.4 Å². The second kappa shape index (κ2) is 7.64. The van der Waals surface area contributed by atoms with Crippen LogP contribution in [0.3, 0.4) is 0 Å². The molecule has 0 aliphatic heterocycles. The summed E-state index contributed by atoms with van der Waals surface area (Å²) < 4.78 is 5.09. The third-order valence-electron chi connectivity index (χ3n) is 2.45. The van der Waals surface area contributed by atoms with Crippen LogP contribution >= 0.6 is 0 Å². The first-order valence-electron chi connectivity index (χ1n) is 5.84. The van der Waals surface area contributed by atoms with E-state index in [1.54, 1.807) is 7.11 Å². The molecule has 1 rings (SSSR count). The molecule has 0 aliphatic carbocycles. The summed E-state index contributed by atoms with van der Waals surface area (Å²) in [6, 6.07) is 2.02. The average molecular weight is 233 g/mol. The summed E-state index contributed by atoms with van der Waals surface area (Å²) in [7, 11) is 1.60. The second-order valence-electron chi connectivity index (χ2n) is 3.73. The van der Waals surface area contributed by atoms with E-state index in [1.165, 1.54) is 6.33 Å². The van der Waals surface area contributed by atoms with Crippen molar-refractivity contribution in [3.8, 4) is 18.2 Å². The molecule has 0 bridgehead atoms. The molecule has 0 saturated carbocycles. The van der Waals surface area contributed by atoms with Crippen molar-refractivity contribution in [2.75, 3.05) is 13.7 Å². The first kappa shape index (κ1) is 13.5. The Balaban J connectivity index is 2.75. The van der Waals surface area contributed by atoms with Gasteiger partial charge < -0.3 is 10.1 Å². The number of hydrogen-bond donors (Lipinski definition) is 1. The fourth-order valence-corrected chi connectivity index (χ4v) is 1.56. The molecule has 92 valence electrons. The van der Waals surface area contributed by atoms with Crippen LogP contribution in [0.1, 0.15) is 37.9 Å². The van der Waals surface area contributed by atoms with E-state index in [0.717, 1.165) is 31.5 Å². The highest BCUT2D eigenvalue weighted by Gasteiger charge is 2.12. The third-order valence-corrected chi connectivity index (χ3v) is 2.45. The van der Waals surface area contributed by atoms with E-state index in [9.17, 15) is 0 Å². The zero-order valence-corrected chi connectivity index (χ0v) is 10.4. The molecule has 1 aromatic heterocycles. The van der Waals surface area contributed by atoms with Gasteiger partial charge in [-0.2, -0.15) is 0 Å². The summed E-state index contributed by atoms with van der Waals surface area (Å²) in [5, 5.41) is 3.43. The molecule has 17 heavy (non-hydrogen) atoms. The van der Waals surface area contributed by atoms with Crippen molar-refractivity contribution in [2.24, 2.45) is 0 Å². The topological polar surface area (TPSA) is 47.0 Å². The van der Waals surface area contributed by atoms with Gasteiger partial charge in [0.25, 0.3) is 0 Å². The maximum atomic E-state index is 5.30. The van der Waals surface area contributed by atoms with Gasteiger partial charge in [0.1, 0.15) is 6.33 Å². The number of terminal acetylenes is 1. The van der Waals surface area contributed by atoms with Crippen molar-refractivity contribution in [3.05, 3.63) is 18.1 Å². The van der Waals surface area contributed by atoms with Gasteiger partial charge in [0, 0.05) is 12.5 Å². The van der Waals surface area contributed by atoms with Crippen LogP contribution in [0.5, 0.6) is 5.88 Å². The van der Waals surface area contributed by atoms with Crippen molar-refractivity contribution in [3.63, 3.8) is 0 Å². The predicted octanol–water partition coefficient (Wildman–Crippen LogP) is 1.94. The van der Waals surface area contributed by atoms with Crippen LogP contribution in [0.4, 0.5) is 0 Å². The van der Waals surface area contributed by atoms with E-state index in [2.05, 4.69) is 28.1 Å². The fourth-order valence-electron chi connectivity index (χ4n) is 1.56. The van der Waals surface area contributed by atoms with Crippen molar-refractivity contribution < 1.29 is 4.74 Å². The van der Waals surface area contributed by atoms with Crippen LogP contribution in [0.25, 0.3) is 0 Å². The van der Waals surface area contributed by atoms with E-state index in [-0.39, 0.29) is 6.04 Å². The molecular formula is C13H19N3O. The highest BCUT2D eigenvalue weighted by Crippen LogP contribution is 2.18. The first-order valence-corrected chi connectivity index (χ1v) is 5.84. The molecular weight excluding hydrogens is 214 g/mol. The van der Waals surface area contributed by atoms with Crippen molar-refractivity contribution >= 4 is 0 Å². The molecule has 0 fully saturated rings. The molecule has 0 saturated heterocycles. The minimum absolute atomic E-state index is 0.169. The number of rotatable bonds is 7. The molecule has 1 unspecified atom stereocenters. The van der Waals surface area contributed by atoms with Crippen LogP contribution in [0.2, 0.25) is 0 Å². The minimum Gasteiger partial charge on any atom is -0.481 e. The maximum Gasteiger partial charge on any atom is 0.216 e. The highest BCUT2D eigenvalue weighted by atomic mass is 16.5. The lowest BCUT2D eigenvalue weighted by Crippen LogP contribution is -2.23. The van der Waals surface area contributed by atoms with Crippen molar-refractivity contribution in [2.45, 2.75) is 32.2 Å². The Bertz CT molecular complexity index is 373. The van der Waals surface area contributed by atoms with Crippen LogP contribution in [0.15, 0.2) is 12.4 Å². The minimum atomic E-state index is 0.169. The second-order valence-corrected chi connectivity index (χ2v) is 3.73. The van der Waals surface area contributed by atoms with Gasteiger partial charge in [0.15, 0.2) is 0 Å². The molecule has 0 spiro atoms. The van der Waals surface area contributed by atoms with Crippen molar-refractivity contribution in [1.29, 1.82) is 0 Å². The maximum absolute atomic E-state index is 5.30. The van der Waals surface area contributed by atoms with E-state index in [4.69, 9.17) is 11.2 Å². The Morgan fingerprint density at radius 2 is 2.35 bits per heavy atom. The summed E-state index contributed by atoms with van der Waals surface area (Å²) in [5.74, 6) is 3.24. The lowest BCUT2D eigenvalue weighted by molar-refractivity contribution is 0.393. The molecule has 4 nitrogen and oxygen atoms in total. The summed E-state index contributed by atoms with van der Waals surface area (Å²) in [6.45, 7) is 3.08. The monoisotopic (exact) mass is 233 g/mol. The van der Waals surface area contributed by atoms with Crippen LogP contribution in [-0.2, 0) is 0 Å². The van der Waals surface area contributed by atoms with Gasteiger partial charge in [-0.15, -0.1) is 12.3 Å². The number of nitrogens with zero attached hydrogens (tertiary/aromatic N) is 2. The quantitative estimate of drug-likeness (QED) is 0.731. The van der Waals surface area contributed by atoms with Gasteiger partial charge in [0.05, 0.1) is 18.8 Å². The number of ether oxygens (including phenoxy) is 1. The van der Waals surface area contributed by atoms with Gasteiger partial charge in [-0.3, -0.25) is 0 Å². The number of methoxy groups -OCH3 is 1. The lowest BCUT2D eigenvalue weighted by Gasteiger charge is -2.17. The summed E-state index contributed by atoms with van der Waals surface area (Å²) in [4.78, 5) is 8.27. The molecule has 4 heteroatoms. The standard InChI is InChI=1S/C13H19N3O/c1-4-6-7-11(14-8-5-2)12-9-13(17-3)16-10-15-12/h1,9-11,14H,5-8H2,2-3H3. The van der Waals surface area contributed by atoms with Crippen LogP contribution in [-0.4, -0.2) is 23.6 Å². The Hall–Kier alpha value is -1.60. The number of aromatic nitrogens is 2. The molecule has 1 aromatic rings. The molecule has 1 heterocycles. The highest BCUT2D eigenvalue weighted by molar-refractivity contribution is 5.16. The van der Waals surface area contributed by atoms with Gasteiger partial charge >= 0.3 is 0 Å². The SMILES string of the molecule is C#CCCC(NCCC)c1cc(OC)ncn1. The number of nitrogens with one attached hydrogen (secondary N) is 1. The third kappa shape index (κ3) is 4.41. The normalized spacial score (nSPS) is 11.8. The fraction of sp³-hybridized carbons (Fsp3) is 0.538. The van der Waals surface area contributed by atoms with Gasteiger partial charge in [-0.25, -0.2) is 9.97 Å². The predicted molar refractivity (Wildman–Crippen MR) is 67.7 cm³/mol. The van der Waals surface area contributed by atoms with E-state index >= 15 is 0 Å². The molecule has 0 radical (unpaired) electrons. The lowest BCUT2D eigenvalue weighted by atomic mass is 10.1. The van der Waals surface area contributed by atoms with Crippen molar-refractivity contribution in [1.82, 2.24) is 15.3 Å². The van der Waals surface area contributed by atoms with Gasteiger partial charge in [0.2, 0.25) is 5.88 Å². The molecule has 0 amide bonds. The molecule has 0 aromatic carbocycles. The van der Waals surface area contributed by atoms with Crippen LogP contribution < -0.4 is 10.1 Å². The van der Waals surface area contributed by atoms with E-state index in [1.807, 2.05) is 6.07 Å². The molecule has 1 N–H and O–H groups in total. The molecule has 0 aliphatic rings. The Morgan fingerprint density at radius 3 is 3.00 bits per heavy atom. The zero-order chi connectivity index (χ0) is 12.5. The first-order chi connectivity index (χ1) is 8.31. The summed E-state index contributed by atoms with van der Waals surface area (Å²) >= 11 is 0. The average Bonchev–Trinajstić information content (AvgIpc) is 2.39.